The Labute approximate surface area is 134 Å². The SMILES string of the molecule is CS(=O)(=O)N1CCN(C(=O)NCCC(=O)O)Cc2ccccc21. The van der Waals surface area contributed by atoms with Crippen molar-refractivity contribution in [1.29, 1.82) is 0 Å². The number of hydrogen-bond acceptors (Lipinski definition) is 4. The summed E-state index contributed by atoms with van der Waals surface area (Å²) in [6.45, 7) is 0.673. The molecule has 1 heterocycles. The van der Waals surface area contributed by atoms with Gasteiger partial charge in [0.2, 0.25) is 10.0 Å². The Bertz CT molecular complexity index is 704. The van der Waals surface area contributed by atoms with Gasteiger partial charge in [-0.1, -0.05) is 18.2 Å². The van der Waals surface area contributed by atoms with Crippen LogP contribution in [0.1, 0.15) is 12.0 Å². The number of carboxylic acids is 1. The van der Waals surface area contributed by atoms with Crippen LogP contribution in [0.15, 0.2) is 24.3 Å². The largest absolute Gasteiger partial charge is 0.481 e. The Morgan fingerprint density at radius 3 is 2.61 bits per heavy atom. The number of fused-ring (bicyclic) bond motifs is 1. The zero-order chi connectivity index (χ0) is 17.0. The van der Waals surface area contributed by atoms with Gasteiger partial charge in [-0.25, -0.2) is 13.2 Å². The fourth-order valence-electron chi connectivity index (χ4n) is 2.41. The van der Waals surface area contributed by atoms with Crippen LogP contribution in [0.2, 0.25) is 0 Å². The van der Waals surface area contributed by atoms with Crippen LogP contribution in [0.25, 0.3) is 0 Å². The molecule has 0 saturated heterocycles. The molecule has 2 rings (SSSR count). The second-order valence-corrected chi connectivity index (χ2v) is 7.17. The number of amides is 2. The van der Waals surface area contributed by atoms with Crippen molar-refractivity contribution >= 4 is 27.7 Å². The Kier molecular flexibility index (Phi) is 5.09. The van der Waals surface area contributed by atoms with E-state index in [1.165, 1.54) is 9.21 Å². The predicted octanol–water partition coefficient (Wildman–Crippen LogP) is 0.453. The van der Waals surface area contributed by atoms with Crippen molar-refractivity contribution in [3.05, 3.63) is 29.8 Å². The number of rotatable bonds is 4. The Balaban J connectivity index is 2.17. The first kappa shape index (κ1) is 17.1. The minimum Gasteiger partial charge on any atom is -0.481 e. The van der Waals surface area contributed by atoms with Gasteiger partial charge in [0.1, 0.15) is 0 Å². The lowest BCUT2D eigenvalue weighted by Gasteiger charge is -2.22. The number of nitrogens with zero attached hydrogens (tertiary/aromatic N) is 2. The number of carbonyl (C=O) groups is 2. The van der Waals surface area contributed by atoms with Gasteiger partial charge >= 0.3 is 12.0 Å². The molecule has 1 aromatic rings. The van der Waals surface area contributed by atoms with E-state index in [4.69, 9.17) is 5.11 Å². The van der Waals surface area contributed by atoms with Gasteiger partial charge in [-0.15, -0.1) is 0 Å². The number of sulfonamides is 1. The second kappa shape index (κ2) is 6.86. The maximum Gasteiger partial charge on any atom is 0.317 e. The van der Waals surface area contributed by atoms with Crippen molar-refractivity contribution in [1.82, 2.24) is 10.2 Å². The van der Waals surface area contributed by atoms with E-state index in [0.29, 0.717) is 5.69 Å². The van der Waals surface area contributed by atoms with Crippen LogP contribution in [-0.4, -0.2) is 56.3 Å². The average Bonchev–Trinajstić information content (AvgIpc) is 2.65. The second-order valence-electron chi connectivity index (χ2n) is 5.26. The highest BCUT2D eigenvalue weighted by molar-refractivity contribution is 7.92. The van der Waals surface area contributed by atoms with E-state index in [1.54, 1.807) is 24.3 Å². The third-order valence-corrected chi connectivity index (χ3v) is 4.68. The molecule has 2 N–H and O–H groups in total. The topological polar surface area (TPSA) is 107 Å². The number of urea groups is 1. The summed E-state index contributed by atoms with van der Waals surface area (Å²) in [4.78, 5) is 24.1. The van der Waals surface area contributed by atoms with E-state index in [-0.39, 0.29) is 32.6 Å². The fraction of sp³-hybridized carbons (Fsp3) is 0.429. The van der Waals surface area contributed by atoms with Crippen molar-refractivity contribution in [3.63, 3.8) is 0 Å². The summed E-state index contributed by atoms with van der Waals surface area (Å²) in [6.07, 6.45) is 0.970. The van der Waals surface area contributed by atoms with Crippen molar-refractivity contribution in [2.24, 2.45) is 0 Å². The van der Waals surface area contributed by atoms with Gasteiger partial charge in [0.25, 0.3) is 0 Å². The summed E-state index contributed by atoms with van der Waals surface area (Å²) in [5.74, 6) is -0.991. The monoisotopic (exact) mass is 341 g/mol. The summed E-state index contributed by atoms with van der Waals surface area (Å²) >= 11 is 0. The van der Waals surface area contributed by atoms with Crippen LogP contribution in [0, 0.1) is 0 Å². The summed E-state index contributed by atoms with van der Waals surface area (Å²) in [5, 5.41) is 11.1. The maximum atomic E-state index is 12.2. The molecule has 2 amide bonds. The standard InChI is InChI=1S/C14H19N3O5S/c1-23(21,22)17-9-8-16(14(20)15-7-6-13(18)19)10-11-4-2-3-5-12(11)17/h2-5H,6-10H2,1H3,(H,15,20)(H,18,19). The molecule has 23 heavy (non-hydrogen) atoms. The molecule has 0 atom stereocenters. The minimum absolute atomic E-state index is 0.0299. The first-order valence-corrected chi connectivity index (χ1v) is 8.94. The molecule has 126 valence electrons. The van der Waals surface area contributed by atoms with Gasteiger partial charge in [0.15, 0.2) is 0 Å². The van der Waals surface area contributed by atoms with Crippen molar-refractivity contribution < 1.29 is 23.1 Å². The number of aliphatic carboxylic acids is 1. The zero-order valence-electron chi connectivity index (χ0n) is 12.7. The summed E-state index contributed by atoms with van der Waals surface area (Å²) in [5.41, 5.74) is 1.29. The molecule has 1 aromatic carbocycles. The van der Waals surface area contributed by atoms with Gasteiger partial charge in [-0.05, 0) is 11.6 Å². The molecule has 0 aromatic heterocycles. The molecule has 9 heteroatoms. The number of nitrogens with one attached hydrogen (secondary N) is 1. The summed E-state index contributed by atoms with van der Waals surface area (Å²) in [7, 11) is -3.44. The fourth-order valence-corrected chi connectivity index (χ4v) is 3.36. The van der Waals surface area contributed by atoms with E-state index in [1.807, 2.05) is 0 Å². The lowest BCUT2D eigenvalue weighted by Crippen LogP contribution is -2.43. The number of benzene rings is 1. The number of hydrogen-bond donors (Lipinski definition) is 2. The molecule has 8 nitrogen and oxygen atoms in total. The molecular weight excluding hydrogens is 322 g/mol. The molecule has 0 bridgehead atoms. The van der Waals surface area contributed by atoms with Gasteiger partial charge in [0, 0.05) is 19.6 Å². The number of anilines is 1. The third kappa shape index (κ3) is 4.35. The Morgan fingerprint density at radius 1 is 1.26 bits per heavy atom. The lowest BCUT2D eigenvalue weighted by atomic mass is 10.2. The highest BCUT2D eigenvalue weighted by atomic mass is 32.2. The van der Waals surface area contributed by atoms with Crippen LogP contribution in [0.4, 0.5) is 10.5 Å². The number of carbonyl (C=O) groups excluding carboxylic acids is 1. The third-order valence-electron chi connectivity index (χ3n) is 3.50. The smallest absolute Gasteiger partial charge is 0.317 e. The van der Waals surface area contributed by atoms with Gasteiger partial charge in [0.05, 0.1) is 24.9 Å². The van der Waals surface area contributed by atoms with Crippen LogP contribution < -0.4 is 9.62 Å². The zero-order valence-corrected chi connectivity index (χ0v) is 13.5. The van der Waals surface area contributed by atoms with Gasteiger partial charge < -0.3 is 15.3 Å². The van der Waals surface area contributed by atoms with Crippen molar-refractivity contribution in [2.75, 3.05) is 30.2 Å². The molecule has 0 radical (unpaired) electrons. The van der Waals surface area contributed by atoms with Crippen molar-refractivity contribution in [2.45, 2.75) is 13.0 Å². The van der Waals surface area contributed by atoms with Gasteiger partial charge in [-0.2, -0.15) is 0 Å². The van der Waals surface area contributed by atoms with E-state index >= 15 is 0 Å². The Hall–Kier alpha value is -2.29. The number of carboxylic acid groups (broad SMARTS) is 1. The molecule has 0 saturated carbocycles. The summed E-state index contributed by atoms with van der Waals surface area (Å²) < 4.78 is 25.2. The van der Waals surface area contributed by atoms with Crippen LogP contribution in [-0.2, 0) is 21.4 Å². The first-order valence-electron chi connectivity index (χ1n) is 7.09. The lowest BCUT2D eigenvalue weighted by molar-refractivity contribution is -0.136. The molecule has 0 spiro atoms. The Morgan fingerprint density at radius 2 is 1.96 bits per heavy atom. The highest BCUT2D eigenvalue weighted by Gasteiger charge is 2.27. The first-order chi connectivity index (χ1) is 10.8. The molecule has 1 aliphatic rings. The average molecular weight is 341 g/mol. The molecular formula is C14H19N3O5S. The highest BCUT2D eigenvalue weighted by Crippen LogP contribution is 2.26. The van der Waals surface area contributed by atoms with Crippen molar-refractivity contribution in [3.8, 4) is 0 Å². The van der Waals surface area contributed by atoms with E-state index in [0.717, 1.165) is 11.8 Å². The van der Waals surface area contributed by atoms with E-state index in [9.17, 15) is 18.0 Å². The van der Waals surface area contributed by atoms with Crippen LogP contribution in [0.5, 0.6) is 0 Å². The molecule has 1 aliphatic heterocycles. The molecule has 0 fully saturated rings. The predicted molar refractivity (Wildman–Crippen MR) is 84.7 cm³/mol. The van der Waals surface area contributed by atoms with E-state index < -0.39 is 22.0 Å². The summed E-state index contributed by atoms with van der Waals surface area (Å²) in [6, 6.07) is 6.61. The quantitative estimate of drug-likeness (QED) is 0.827. The van der Waals surface area contributed by atoms with Crippen LogP contribution in [0.3, 0.4) is 0 Å². The van der Waals surface area contributed by atoms with Crippen LogP contribution >= 0.6 is 0 Å². The molecule has 0 aliphatic carbocycles. The molecule has 0 unspecified atom stereocenters. The van der Waals surface area contributed by atoms with E-state index in [2.05, 4.69) is 5.32 Å². The maximum absolute atomic E-state index is 12.2. The van der Waals surface area contributed by atoms with Gasteiger partial charge in [-0.3, -0.25) is 9.10 Å². The minimum atomic E-state index is -3.44. The number of para-hydroxylation sites is 1. The normalized spacial score (nSPS) is 14.8.